The molecule has 38 heavy (non-hydrogen) atoms. The molecule has 13 heteroatoms. The highest BCUT2D eigenvalue weighted by atomic mass is 32.2. The number of benzene rings is 1. The summed E-state index contributed by atoms with van der Waals surface area (Å²) >= 11 is 0. The Morgan fingerprint density at radius 3 is 2.53 bits per heavy atom. The number of likely N-dealkylation sites (tertiary alicyclic amines) is 1. The maximum Gasteiger partial charge on any atom is 0.268 e. The second-order valence-corrected chi connectivity index (χ2v) is 13.4. The molecular formula is C25H33N7O5S. The van der Waals surface area contributed by atoms with Crippen LogP contribution in [0.3, 0.4) is 0 Å². The molecule has 1 aromatic rings. The Balaban J connectivity index is 1.26. The highest BCUT2D eigenvalue weighted by molar-refractivity contribution is 7.90. The van der Waals surface area contributed by atoms with Crippen molar-refractivity contribution < 1.29 is 23.1 Å². The van der Waals surface area contributed by atoms with E-state index in [0.717, 1.165) is 5.56 Å². The summed E-state index contributed by atoms with van der Waals surface area (Å²) in [5.74, 6) is -0.614. The van der Waals surface area contributed by atoms with Gasteiger partial charge in [0.2, 0.25) is 15.9 Å². The second kappa shape index (κ2) is 9.30. The summed E-state index contributed by atoms with van der Waals surface area (Å²) in [5, 5.41) is 27.8. The van der Waals surface area contributed by atoms with Gasteiger partial charge in [0.25, 0.3) is 5.91 Å². The molecule has 0 bridgehead atoms. The minimum atomic E-state index is -3.75. The lowest BCUT2D eigenvalue weighted by atomic mass is 9.72. The number of hydrazone groups is 1. The molecule has 1 aromatic carbocycles. The van der Waals surface area contributed by atoms with Crippen LogP contribution in [0.4, 0.5) is 0 Å². The molecule has 12 nitrogen and oxygen atoms in total. The van der Waals surface area contributed by atoms with Crippen LogP contribution in [0, 0.1) is 16.7 Å². The van der Waals surface area contributed by atoms with Crippen LogP contribution in [0.15, 0.2) is 29.4 Å². The van der Waals surface area contributed by atoms with Crippen LogP contribution in [0.5, 0.6) is 0 Å². The van der Waals surface area contributed by atoms with Gasteiger partial charge in [0.1, 0.15) is 16.5 Å². The number of nitrogens with one attached hydrogen (secondary N) is 1. The molecule has 0 aromatic heterocycles. The number of nitrogens with zero attached hydrogens (tertiary/aromatic N) is 5. The maximum absolute atomic E-state index is 13.7. The molecule has 2 amide bonds. The first-order valence-corrected chi connectivity index (χ1v) is 14.2. The van der Waals surface area contributed by atoms with Gasteiger partial charge in [-0.15, -0.1) is 0 Å². The lowest BCUT2D eigenvalue weighted by Gasteiger charge is -2.43. The molecular weight excluding hydrogens is 510 g/mol. The fraction of sp³-hybridized carbons (Fsp3) is 0.600. The van der Waals surface area contributed by atoms with Crippen LogP contribution in [0.1, 0.15) is 37.3 Å². The van der Waals surface area contributed by atoms with E-state index in [9.17, 15) is 23.1 Å². The van der Waals surface area contributed by atoms with E-state index < -0.39 is 38.4 Å². The van der Waals surface area contributed by atoms with Gasteiger partial charge in [-0.05, 0) is 37.0 Å². The summed E-state index contributed by atoms with van der Waals surface area (Å²) in [6.45, 7) is 2.52. The van der Waals surface area contributed by atoms with Crippen molar-refractivity contribution in [2.24, 2.45) is 16.3 Å². The van der Waals surface area contributed by atoms with Crippen molar-refractivity contribution in [2.45, 2.75) is 55.7 Å². The van der Waals surface area contributed by atoms with Crippen LogP contribution >= 0.6 is 0 Å². The molecule has 4 aliphatic rings. The third-order valence-electron chi connectivity index (χ3n) is 8.45. The average molecular weight is 544 g/mol. The highest BCUT2D eigenvalue weighted by Gasteiger charge is 2.62. The van der Waals surface area contributed by atoms with Crippen LogP contribution in [-0.2, 0) is 26.2 Å². The predicted molar refractivity (Wildman–Crippen MR) is 138 cm³/mol. The Bertz CT molecular complexity index is 1310. The zero-order valence-corrected chi connectivity index (χ0v) is 22.3. The van der Waals surface area contributed by atoms with Crippen molar-refractivity contribution in [1.29, 1.82) is 5.26 Å². The van der Waals surface area contributed by atoms with E-state index in [4.69, 9.17) is 11.0 Å². The fourth-order valence-electron chi connectivity index (χ4n) is 5.86. The number of nitriles is 1. The summed E-state index contributed by atoms with van der Waals surface area (Å²) < 4.78 is 27.0. The van der Waals surface area contributed by atoms with Gasteiger partial charge in [0.05, 0.1) is 17.7 Å². The Morgan fingerprint density at radius 2 is 1.95 bits per heavy atom. The van der Waals surface area contributed by atoms with Crippen LogP contribution in [-0.4, -0.2) is 101 Å². The number of hydrogen-bond acceptors (Lipinski definition) is 9. The maximum atomic E-state index is 13.7. The van der Waals surface area contributed by atoms with Crippen molar-refractivity contribution in [3.63, 3.8) is 0 Å². The van der Waals surface area contributed by atoms with Gasteiger partial charge in [-0.2, -0.15) is 14.7 Å². The zero-order valence-electron chi connectivity index (χ0n) is 21.5. The Kier molecular flexibility index (Phi) is 6.50. The smallest absolute Gasteiger partial charge is 0.268 e. The topological polar surface area (TPSA) is 172 Å². The van der Waals surface area contributed by atoms with E-state index in [-0.39, 0.29) is 43.7 Å². The monoisotopic (exact) mass is 543 g/mol. The average Bonchev–Trinajstić information content (AvgIpc) is 3.53. The number of aliphatic hydroxyl groups excluding tert-OH is 1. The largest absolute Gasteiger partial charge is 0.390 e. The Labute approximate surface area is 222 Å². The van der Waals surface area contributed by atoms with E-state index in [1.807, 2.05) is 6.92 Å². The van der Waals surface area contributed by atoms with Crippen molar-refractivity contribution in [2.75, 3.05) is 33.2 Å². The van der Waals surface area contributed by atoms with E-state index >= 15 is 0 Å². The van der Waals surface area contributed by atoms with Gasteiger partial charge in [-0.1, -0.05) is 19.1 Å². The van der Waals surface area contributed by atoms with Gasteiger partial charge in [0, 0.05) is 51.2 Å². The number of nitrogens with two attached hydrogens (primary N) is 1. The van der Waals surface area contributed by atoms with E-state index in [2.05, 4.69) is 16.5 Å². The summed E-state index contributed by atoms with van der Waals surface area (Å²) in [6.07, 6.45) is 0.445. The quantitative estimate of drug-likeness (QED) is 0.391. The van der Waals surface area contributed by atoms with Crippen molar-refractivity contribution >= 4 is 27.5 Å². The third kappa shape index (κ3) is 4.25. The molecule has 0 spiro atoms. The van der Waals surface area contributed by atoms with E-state index in [0.29, 0.717) is 31.4 Å². The number of hydrogen-bond donors (Lipinski definition) is 3. The summed E-state index contributed by atoms with van der Waals surface area (Å²) in [5.41, 5.74) is 6.67. The molecule has 3 aliphatic heterocycles. The number of carbonyl (C=O) groups is 2. The summed E-state index contributed by atoms with van der Waals surface area (Å²) in [4.78, 5) is 28.4. The highest BCUT2D eigenvalue weighted by Crippen LogP contribution is 2.48. The fourth-order valence-corrected chi connectivity index (χ4v) is 8.07. The number of sulfonamides is 1. The molecule has 2 unspecified atom stereocenters. The van der Waals surface area contributed by atoms with Gasteiger partial charge < -0.3 is 21.1 Å². The molecule has 4 atom stereocenters. The molecule has 204 valence electrons. The normalized spacial score (nSPS) is 30.6. The predicted octanol–water partition coefficient (Wildman–Crippen LogP) is -1.05. The number of aliphatic hydroxyl groups is 1. The number of fused-ring (bicyclic) bond motifs is 1. The lowest BCUT2D eigenvalue weighted by molar-refractivity contribution is -0.143. The standard InChI is InChI=1S/C25H33N7O5S/c1-24-9-10-31(15-25(7-8-25)38(36,37)32-13-18(27)19(33)14-32)23(35)21(24)30(2)29-20(24)22(34)28-12-17-5-3-16(11-26)4-6-17/h3-6,18-19,21,33H,7-10,12-15,27H2,1-2H3,(H,28,34)/t18-,19-,21?,24?/m0/s1. The first kappa shape index (κ1) is 26.6. The minimum Gasteiger partial charge on any atom is -0.390 e. The first-order valence-electron chi connectivity index (χ1n) is 12.7. The van der Waals surface area contributed by atoms with E-state index in [1.54, 1.807) is 36.2 Å². The number of amides is 2. The van der Waals surface area contributed by atoms with Crippen LogP contribution in [0.25, 0.3) is 0 Å². The summed E-state index contributed by atoms with van der Waals surface area (Å²) in [7, 11) is -2.10. The molecule has 3 fully saturated rings. The summed E-state index contributed by atoms with van der Waals surface area (Å²) in [6, 6.07) is 7.62. The van der Waals surface area contributed by atoms with Gasteiger partial charge >= 0.3 is 0 Å². The number of carbonyl (C=O) groups excluding carboxylic acids is 2. The molecule has 2 saturated heterocycles. The zero-order chi connectivity index (χ0) is 27.5. The van der Waals surface area contributed by atoms with Crippen molar-refractivity contribution in [1.82, 2.24) is 19.5 Å². The second-order valence-electron chi connectivity index (χ2n) is 11.1. The van der Waals surface area contributed by atoms with Gasteiger partial charge in [0.15, 0.2) is 0 Å². The first-order chi connectivity index (χ1) is 17.9. The minimum absolute atomic E-state index is 0.0303. The molecule has 1 aliphatic carbocycles. The molecule has 4 N–H and O–H groups in total. The lowest BCUT2D eigenvalue weighted by Crippen LogP contribution is -2.61. The SMILES string of the molecule is CN1N=C(C(=O)NCc2ccc(C#N)cc2)C2(C)CCN(CC3(S(=O)(=O)N4C[C@H](N)[C@@H](O)C4)CC3)C(=O)C12. The number of rotatable bonds is 7. The third-order valence-corrected chi connectivity index (χ3v) is 11.1. The molecule has 1 saturated carbocycles. The Hall–Kier alpha value is -3.05. The van der Waals surface area contributed by atoms with Crippen molar-refractivity contribution in [3.8, 4) is 6.07 Å². The molecule has 0 radical (unpaired) electrons. The van der Waals surface area contributed by atoms with Gasteiger partial charge in [-0.3, -0.25) is 14.6 Å². The number of likely N-dealkylation sites (N-methyl/N-ethyl adjacent to an activating group) is 1. The molecule has 3 heterocycles. The number of β-amino-alcohol motifs (C(OH)–C–C–N with tert-alkyl or cyclic N) is 1. The Morgan fingerprint density at radius 1 is 1.26 bits per heavy atom. The molecule has 5 rings (SSSR count). The number of piperidine rings is 1. The van der Waals surface area contributed by atoms with Crippen LogP contribution < -0.4 is 11.1 Å². The van der Waals surface area contributed by atoms with Gasteiger partial charge in [-0.25, -0.2) is 8.42 Å². The van der Waals surface area contributed by atoms with Crippen LogP contribution in [0.2, 0.25) is 0 Å². The van der Waals surface area contributed by atoms with E-state index in [1.165, 1.54) is 9.31 Å². The van der Waals surface area contributed by atoms with Crippen molar-refractivity contribution in [3.05, 3.63) is 35.4 Å².